The van der Waals surface area contributed by atoms with E-state index in [4.69, 9.17) is 4.74 Å². The predicted octanol–water partition coefficient (Wildman–Crippen LogP) is 7.50. The minimum absolute atomic E-state index is 0.0491. The van der Waals surface area contributed by atoms with Gasteiger partial charge in [-0.1, -0.05) is 56.8 Å². The normalized spacial score (nSPS) is 18.9. The Hall–Kier alpha value is -2.99. The van der Waals surface area contributed by atoms with Crippen LogP contribution in [-0.2, 0) is 22.3 Å². The summed E-state index contributed by atoms with van der Waals surface area (Å²) in [5.74, 6) is -1.60. The van der Waals surface area contributed by atoms with Crippen LogP contribution in [0.15, 0.2) is 52.2 Å². The van der Waals surface area contributed by atoms with Gasteiger partial charge in [-0.3, -0.25) is 14.4 Å². The third-order valence-corrected chi connectivity index (χ3v) is 10.9. The van der Waals surface area contributed by atoms with E-state index in [0.29, 0.717) is 18.4 Å². The summed E-state index contributed by atoms with van der Waals surface area (Å²) in [4.78, 5) is 41.6. The highest BCUT2D eigenvalue weighted by Crippen LogP contribution is 2.41. The largest absolute Gasteiger partial charge is 0.466 e. The monoisotopic (exact) mass is 647 g/mol. The topological polar surface area (TPSA) is 91.1 Å². The molecule has 3 atom stereocenters. The van der Waals surface area contributed by atoms with Crippen LogP contribution in [0.3, 0.4) is 0 Å². The number of nitrogens with zero attached hydrogens (tertiary/aromatic N) is 3. The molecule has 44 heavy (non-hydrogen) atoms. The van der Waals surface area contributed by atoms with Crippen LogP contribution < -0.4 is 5.56 Å². The maximum atomic E-state index is 13.8. The second-order valence-electron chi connectivity index (χ2n) is 12.7. The van der Waals surface area contributed by atoms with E-state index in [-0.39, 0.29) is 29.8 Å². The Balaban J connectivity index is 1.58. The molecule has 238 valence electrons. The van der Waals surface area contributed by atoms with Crippen LogP contribution in [0, 0.1) is 17.8 Å². The molecule has 0 saturated heterocycles. The Morgan fingerprint density at radius 2 is 1.80 bits per heavy atom. The molecule has 0 N–H and O–H groups in total. The van der Waals surface area contributed by atoms with E-state index in [2.05, 4.69) is 36.9 Å². The Kier molecular flexibility index (Phi) is 11.1. The highest BCUT2D eigenvalue weighted by atomic mass is 32.2. The zero-order valence-electron chi connectivity index (χ0n) is 25.7. The van der Waals surface area contributed by atoms with Gasteiger partial charge in [0.2, 0.25) is 0 Å². The summed E-state index contributed by atoms with van der Waals surface area (Å²) in [5, 5.41) is 7.72. The second kappa shape index (κ2) is 14.4. The predicted molar refractivity (Wildman–Crippen MR) is 169 cm³/mol. The SMILES string of the molecule is CCCCCSc1ccc(C(=O)C2CCC(Cn3nnc4ccc(C(F)(F)F)cc4c3=O)C2C(=O)OCC[Si](C)(C)C)cc1. The average Bonchev–Trinajstić information content (AvgIpc) is 3.39. The van der Waals surface area contributed by atoms with E-state index in [0.717, 1.165) is 52.4 Å². The van der Waals surface area contributed by atoms with Gasteiger partial charge < -0.3 is 4.74 Å². The maximum absolute atomic E-state index is 13.8. The van der Waals surface area contributed by atoms with Crippen LogP contribution in [0.1, 0.15) is 54.9 Å². The molecule has 1 fully saturated rings. The molecule has 2 aromatic carbocycles. The summed E-state index contributed by atoms with van der Waals surface area (Å²) in [6.45, 7) is 8.86. The number of aromatic nitrogens is 3. The number of rotatable bonds is 13. The molecule has 1 saturated carbocycles. The van der Waals surface area contributed by atoms with Crippen LogP contribution in [0.25, 0.3) is 10.9 Å². The molecule has 0 amide bonds. The summed E-state index contributed by atoms with van der Waals surface area (Å²) in [6.07, 6.45) is -0.304. The van der Waals surface area contributed by atoms with Crippen molar-refractivity contribution >= 4 is 42.5 Å². The lowest BCUT2D eigenvalue weighted by molar-refractivity contribution is -0.150. The van der Waals surface area contributed by atoms with E-state index in [9.17, 15) is 27.6 Å². The van der Waals surface area contributed by atoms with Gasteiger partial charge in [0.25, 0.3) is 5.56 Å². The van der Waals surface area contributed by atoms with Crippen molar-refractivity contribution in [3.05, 3.63) is 63.9 Å². The maximum Gasteiger partial charge on any atom is 0.416 e. The Morgan fingerprint density at radius 3 is 2.45 bits per heavy atom. The van der Waals surface area contributed by atoms with E-state index in [1.807, 2.05) is 12.1 Å². The summed E-state index contributed by atoms with van der Waals surface area (Å²) in [7, 11) is -1.49. The molecule has 1 aliphatic rings. The molecule has 3 aromatic rings. The third kappa shape index (κ3) is 8.59. The summed E-state index contributed by atoms with van der Waals surface area (Å²) in [5.41, 5.74) is -1.13. The number of carbonyl (C=O) groups excluding carboxylic acids is 2. The molecular formula is C32H40F3N3O4SSi. The molecular weight excluding hydrogens is 608 g/mol. The van der Waals surface area contributed by atoms with Crippen molar-refractivity contribution in [2.45, 2.75) is 82.3 Å². The molecule has 12 heteroatoms. The Bertz CT molecular complexity index is 1520. The van der Waals surface area contributed by atoms with E-state index in [1.54, 1.807) is 23.9 Å². The van der Waals surface area contributed by atoms with Crippen LogP contribution in [0.5, 0.6) is 0 Å². The zero-order valence-corrected chi connectivity index (χ0v) is 27.5. The first kappa shape index (κ1) is 33.9. The number of thioether (sulfide) groups is 1. The zero-order chi connectivity index (χ0) is 32.1. The first-order chi connectivity index (χ1) is 20.8. The average molecular weight is 648 g/mol. The molecule has 0 bridgehead atoms. The number of hydrogen-bond acceptors (Lipinski definition) is 7. The number of ketones is 1. The first-order valence-electron chi connectivity index (χ1n) is 15.2. The molecule has 0 spiro atoms. The fourth-order valence-electron chi connectivity index (χ4n) is 5.56. The fraction of sp³-hybridized carbons (Fsp3) is 0.531. The van der Waals surface area contributed by atoms with Gasteiger partial charge in [0.15, 0.2) is 5.78 Å². The number of unbranched alkanes of at least 4 members (excludes halogenated alkanes) is 2. The number of halogens is 3. The van der Waals surface area contributed by atoms with Gasteiger partial charge in [0, 0.05) is 24.5 Å². The molecule has 3 unspecified atom stereocenters. The van der Waals surface area contributed by atoms with Crippen molar-refractivity contribution in [3.63, 3.8) is 0 Å². The van der Waals surface area contributed by atoms with Crippen molar-refractivity contribution in [2.75, 3.05) is 12.4 Å². The number of carbonyl (C=O) groups is 2. The van der Waals surface area contributed by atoms with Crippen LogP contribution in [0.2, 0.25) is 25.7 Å². The van der Waals surface area contributed by atoms with E-state index in [1.165, 1.54) is 6.42 Å². The summed E-state index contributed by atoms with van der Waals surface area (Å²) < 4.78 is 46.7. The van der Waals surface area contributed by atoms with Gasteiger partial charge in [-0.2, -0.15) is 13.2 Å². The van der Waals surface area contributed by atoms with Crippen molar-refractivity contribution in [2.24, 2.45) is 17.8 Å². The lowest BCUT2D eigenvalue weighted by atomic mass is 9.84. The summed E-state index contributed by atoms with van der Waals surface area (Å²) >= 11 is 1.75. The lowest BCUT2D eigenvalue weighted by Crippen LogP contribution is -2.36. The van der Waals surface area contributed by atoms with Gasteiger partial charge in [0.1, 0.15) is 5.52 Å². The van der Waals surface area contributed by atoms with Crippen LogP contribution >= 0.6 is 11.8 Å². The van der Waals surface area contributed by atoms with Crippen molar-refractivity contribution < 1.29 is 27.5 Å². The first-order valence-corrected chi connectivity index (χ1v) is 19.9. The molecule has 4 rings (SSSR count). The number of fused-ring (bicyclic) bond motifs is 1. The highest BCUT2D eigenvalue weighted by molar-refractivity contribution is 7.99. The number of hydrogen-bond donors (Lipinski definition) is 0. The standard InChI is InChI=1S/C32H40F3N3O4SSi/c1-5-6-7-17-43-24-12-8-21(9-13-24)29(39)25-14-10-22(28(25)31(41)42-16-18-44(2,3)4)20-38-30(40)26-19-23(32(33,34)35)11-15-27(26)36-37-38/h8-9,11-13,15,19,22,25,28H,5-7,10,14,16-18,20H2,1-4H3. The number of esters is 1. The highest BCUT2D eigenvalue weighted by Gasteiger charge is 2.46. The quantitative estimate of drug-likeness (QED) is 0.0624. The molecule has 0 aliphatic heterocycles. The number of ether oxygens (including phenoxy) is 1. The van der Waals surface area contributed by atoms with Crippen LogP contribution in [0.4, 0.5) is 13.2 Å². The van der Waals surface area contributed by atoms with Crippen molar-refractivity contribution in [1.82, 2.24) is 15.0 Å². The number of alkyl halides is 3. The van der Waals surface area contributed by atoms with Gasteiger partial charge >= 0.3 is 12.1 Å². The van der Waals surface area contributed by atoms with E-state index >= 15 is 0 Å². The van der Waals surface area contributed by atoms with Gasteiger partial charge in [-0.05, 0) is 67.3 Å². The molecule has 7 nitrogen and oxygen atoms in total. The molecule has 1 aliphatic carbocycles. The van der Waals surface area contributed by atoms with Crippen molar-refractivity contribution in [3.8, 4) is 0 Å². The molecule has 1 heterocycles. The fourth-order valence-corrected chi connectivity index (χ4v) is 7.18. The lowest BCUT2D eigenvalue weighted by Gasteiger charge is -2.24. The summed E-state index contributed by atoms with van der Waals surface area (Å²) in [6, 6.07) is 11.0. The van der Waals surface area contributed by atoms with Gasteiger partial charge in [-0.15, -0.1) is 16.9 Å². The number of Topliss-reactive ketones (excluding diaryl/α,β-unsaturated/α-hetero) is 1. The van der Waals surface area contributed by atoms with Crippen molar-refractivity contribution in [1.29, 1.82) is 0 Å². The van der Waals surface area contributed by atoms with Crippen LogP contribution in [-0.4, -0.2) is 47.2 Å². The Labute approximate surface area is 261 Å². The number of benzene rings is 2. The molecule has 1 aromatic heterocycles. The third-order valence-electron chi connectivity index (χ3n) is 8.11. The minimum Gasteiger partial charge on any atom is -0.466 e. The second-order valence-corrected chi connectivity index (χ2v) is 19.5. The smallest absolute Gasteiger partial charge is 0.416 e. The molecule has 0 radical (unpaired) electrons. The Morgan fingerprint density at radius 1 is 1.07 bits per heavy atom. The van der Waals surface area contributed by atoms with E-state index < -0.39 is 49.1 Å². The minimum atomic E-state index is -4.62. The van der Waals surface area contributed by atoms with Gasteiger partial charge in [-0.25, -0.2) is 4.68 Å². The van der Waals surface area contributed by atoms with Gasteiger partial charge in [0.05, 0.1) is 30.0 Å².